The standard InChI is InChI=1S/C14H16N2O2/c1-7-3-11(15)13(17)5-9(7)10-6-14(18)12(16)4-8(10)2/h3-6,17-18H,15-16H2,1-2H3. The summed E-state index contributed by atoms with van der Waals surface area (Å²) in [6.45, 7) is 3.80. The lowest BCUT2D eigenvalue weighted by Gasteiger charge is -2.13. The second-order valence-corrected chi connectivity index (χ2v) is 4.45. The molecule has 0 aliphatic carbocycles. The first-order valence-electron chi connectivity index (χ1n) is 5.58. The van der Waals surface area contributed by atoms with Crippen molar-refractivity contribution in [2.45, 2.75) is 13.8 Å². The molecule has 0 saturated carbocycles. The van der Waals surface area contributed by atoms with E-state index in [9.17, 15) is 10.2 Å². The molecule has 6 N–H and O–H groups in total. The van der Waals surface area contributed by atoms with Crippen LogP contribution in [0.1, 0.15) is 11.1 Å². The maximum Gasteiger partial charge on any atom is 0.139 e. The van der Waals surface area contributed by atoms with E-state index in [1.54, 1.807) is 24.3 Å². The number of benzene rings is 2. The second-order valence-electron chi connectivity index (χ2n) is 4.45. The van der Waals surface area contributed by atoms with Crippen molar-refractivity contribution in [2.24, 2.45) is 0 Å². The molecule has 0 atom stereocenters. The molecule has 0 bridgehead atoms. The van der Waals surface area contributed by atoms with E-state index in [-0.39, 0.29) is 11.5 Å². The van der Waals surface area contributed by atoms with Gasteiger partial charge < -0.3 is 21.7 Å². The molecule has 2 rings (SSSR count). The first kappa shape index (κ1) is 12.1. The average Bonchev–Trinajstić information content (AvgIpc) is 2.29. The Bertz CT molecular complexity index is 566. The van der Waals surface area contributed by atoms with Crippen molar-refractivity contribution in [1.29, 1.82) is 0 Å². The maximum atomic E-state index is 9.69. The fourth-order valence-corrected chi connectivity index (χ4v) is 2.02. The number of nitrogens with two attached hydrogens (primary N) is 2. The molecule has 0 spiro atoms. The van der Waals surface area contributed by atoms with E-state index in [0.29, 0.717) is 11.4 Å². The number of aryl methyl sites for hydroxylation is 2. The summed E-state index contributed by atoms with van der Waals surface area (Å²) in [7, 11) is 0. The lowest BCUT2D eigenvalue weighted by molar-refractivity contribution is 0.476. The fraction of sp³-hybridized carbons (Fsp3) is 0.143. The third-order valence-electron chi connectivity index (χ3n) is 3.04. The summed E-state index contributed by atoms with van der Waals surface area (Å²) < 4.78 is 0. The maximum absolute atomic E-state index is 9.69. The summed E-state index contributed by atoms with van der Waals surface area (Å²) in [5.41, 5.74) is 15.5. The van der Waals surface area contributed by atoms with Gasteiger partial charge in [0.2, 0.25) is 0 Å². The zero-order valence-corrected chi connectivity index (χ0v) is 10.4. The molecule has 2 aromatic carbocycles. The number of rotatable bonds is 1. The highest BCUT2D eigenvalue weighted by Crippen LogP contribution is 2.36. The Morgan fingerprint density at radius 2 is 1.06 bits per heavy atom. The van der Waals surface area contributed by atoms with Gasteiger partial charge in [-0.2, -0.15) is 0 Å². The molecular weight excluding hydrogens is 228 g/mol. The van der Waals surface area contributed by atoms with Crippen LogP contribution in [0.25, 0.3) is 11.1 Å². The van der Waals surface area contributed by atoms with E-state index in [2.05, 4.69) is 0 Å². The van der Waals surface area contributed by atoms with Gasteiger partial charge in [0.05, 0.1) is 11.4 Å². The predicted octanol–water partition coefficient (Wildman–Crippen LogP) is 2.55. The molecule has 0 aliphatic heterocycles. The molecule has 0 radical (unpaired) electrons. The summed E-state index contributed by atoms with van der Waals surface area (Å²) in [6.07, 6.45) is 0. The van der Waals surface area contributed by atoms with Crippen molar-refractivity contribution >= 4 is 11.4 Å². The fourth-order valence-electron chi connectivity index (χ4n) is 2.02. The van der Waals surface area contributed by atoms with Crippen molar-refractivity contribution < 1.29 is 10.2 Å². The quantitative estimate of drug-likeness (QED) is 0.458. The Morgan fingerprint density at radius 1 is 0.722 bits per heavy atom. The number of aromatic hydroxyl groups is 2. The van der Waals surface area contributed by atoms with Gasteiger partial charge in [0, 0.05) is 0 Å². The Hall–Kier alpha value is -2.36. The first-order valence-corrected chi connectivity index (χ1v) is 5.58. The third-order valence-corrected chi connectivity index (χ3v) is 3.04. The highest BCUT2D eigenvalue weighted by molar-refractivity contribution is 5.78. The molecule has 94 valence electrons. The van der Waals surface area contributed by atoms with E-state index < -0.39 is 0 Å². The number of hydrogen-bond donors (Lipinski definition) is 4. The Balaban J connectivity index is 2.69. The molecule has 0 heterocycles. The molecule has 18 heavy (non-hydrogen) atoms. The molecule has 0 fully saturated rings. The number of anilines is 2. The van der Waals surface area contributed by atoms with Crippen LogP contribution in [0.3, 0.4) is 0 Å². The van der Waals surface area contributed by atoms with Crippen molar-refractivity contribution in [1.82, 2.24) is 0 Å². The number of phenolic OH excluding ortho intramolecular Hbond substituents is 2. The van der Waals surface area contributed by atoms with Gasteiger partial charge in [-0.3, -0.25) is 0 Å². The third kappa shape index (κ3) is 1.93. The normalized spacial score (nSPS) is 10.6. The average molecular weight is 244 g/mol. The van der Waals surface area contributed by atoms with Gasteiger partial charge in [-0.15, -0.1) is 0 Å². The van der Waals surface area contributed by atoms with E-state index in [1.807, 2.05) is 13.8 Å². The van der Waals surface area contributed by atoms with Crippen LogP contribution in [0.15, 0.2) is 24.3 Å². The summed E-state index contributed by atoms with van der Waals surface area (Å²) in [5.74, 6) is 0.0672. The zero-order chi connectivity index (χ0) is 13.4. The topological polar surface area (TPSA) is 92.5 Å². The lowest BCUT2D eigenvalue weighted by atomic mass is 9.95. The summed E-state index contributed by atoms with van der Waals surface area (Å²) in [6, 6.07) is 6.61. The highest BCUT2D eigenvalue weighted by Gasteiger charge is 2.11. The van der Waals surface area contributed by atoms with Gasteiger partial charge in [-0.25, -0.2) is 0 Å². The molecule has 0 unspecified atom stereocenters. The van der Waals surface area contributed by atoms with E-state index in [1.165, 1.54) is 0 Å². The Labute approximate surface area is 105 Å². The number of hydrogen-bond acceptors (Lipinski definition) is 4. The van der Waals surface area contributed by atoms with Gasteiger partial charge in [0.25, 0.3) is 0 Å². The SMILES string of the molecule is Cc1cc(N)c(O)cc1-c1cc(O)c(N)cc1C. The van der Waals surface area contributed by atoms with Crippen LogP contribution in [0, 0.1) is 13.8 Å². The first-order chi connectivity index (χ1) is 8.40. The zero-order valence-electron chi connectivity index (χ0n) is 10.4. The molecule has 4 nitrogen and oxygen atoms in total. The van der Waals surface area contributed by atoms with Gasteiger partial charge in [0.15, 0.2) is 0 Å². The van der Waals surface area contributed by atoms with E-state index in [4.69, 9.17) is 11.5 Å². The monoisotopic (exact) mass is 244 g/mol. The summed E-state index contributed by atoms with van der Waals surface area (Å²) in [5, 5.41) is 19.4. The Morgan fingerprint density at radius 3 is 1.39 bits per heavy atom. The molecule has 0 amide bonds. The smallest absolute Gasteiger partial charge is 0.139 e. The van der Waals surface area contributed by atoms with Crippen LogP contribution >= 0.6 is 0 Å². The minimum Gasteiger partial charge on any atom is -0.506 e. The molecule has 0 saturated heterocycles. The van der Waals surface area contributed by atoms with Crippen molar-refractivity contribution in [3.63, 3.8) is 0 Å². The van der Waals surface area contributed by atoms with Crippen LogP contribution < -0.4 is 11.5 Å². The van der Waals surface area contributed by atoms with Gasteiger partial charge in [0.1, 0.15) is 11.5 Å². The number of nitrogen functional groups attached to an aromatic ring is 2. The van der Waals surface area contributed by atoms with Crippen molar-refractivity contribution in [2.75, 3.05) is 11.5 Å². The van der Waals surface area contributed by atoms with Crippen LogP contribution in [0.5, 0.6) is 11.5 Å². The van der Waals surface area contributed by atoms with Crippen LogP contribution in [0.2, 0.25) is 0 Å². The molecule has 0 aliphatic rings. The van der Waals surface area contributed by atoms with Crippen LogP contribution in [0.4, 0.5) is 11.4 Å². The molecular formula is C14H16N2O2. The summed E-state index contributed by atoms with van der Waals surface area (Å²) in [4.78, 5) is 0. The molecule has 0 aromatic heterocycles. The molecule has 2 aromatic rings. The van der Waals surface area contributed by atoms with Gasteiger partial charge in [-0.1, -0.05) is 0 Å². The van der Waals surface area contributed by atoms with Crippen molar-refractivity contribution in [3.05, 3.63) is 35.4 Å². The van der Waals surface area contributed by atoms with Crippen LogP contribution in [-0.2, 0) is 0 Å². The number of phenols is 2. The minimum atomic E-state index is 0.0336. The molecule has 4 heteroatoms. The minimum absolute atomic E-state index is 0.0336. The van der Waals surface area contributed by atoms with Crippen LogP contribution in [-0.4, -0.2) is 10.2 Å². The second kappa shape index (κ2) is 4.14. The Kier molecular flexibility index (Phi) is 2.79. The highest BCUT2D eigenvalue weighted by atomic mass is 16.3. The van der Waals surface area contributed by atoms with E-state index >= 15 is 0 Å². The lowest BCUT2D eigenvalue weighted by Crippen LogP contribution is -1.94. The van der Waals surface area contributed by atoms with Gasteiger partial charge >= 0.3 is 0 Å². The van der Waals surface area contributed by atoms with Crippen molar-refractivity contribution in [3.8, 4) is 22.6 Å². The van der Waals surface area contributed by atoms with Gasteiger partial charge in [-0.05, 0) is 60.4 Å². The largest absolute Gasteiger partial charge is 0.506 e. The predicted molar refractivity (Wildman–Crippen MR) is 73.5 cm³/mol. The summed E-state index contributed by atoms with van der Waals surface area (Å²) >= 11 is 0. The van der Waals surface area contributed by atoms with E-state index in [0.717, 1.165) is 22.3 Å².